The summed E-state index contributed by atoms with van der Waals surface area (Å²) in [6.07, 6.45) is 3.78. The molecule has 0 spiro atoms. The number of amides is 1. The predicted molar refractivity (Wildman–Crippen MR) is 157 cm³/mol. The summed E-state index contributed by atoms with van der Waals surface area (Å²) in [6, 6.07) is 8.72. The van der Waals surface area contributed by atoms with E-state index in [1.54, 1.807) is 17.5 Å². The highest BCUT2D eigenvalue weighted by molar-refractivity contribution is 7.22. The van der Waals surface area contributed by atoms with E-state index in [4.69, 9.17) is 16.6 Å². The SMILES string of the molecule is C[C@@H]1CN(C)CCN1CCNc1ncc(Cl)c(-c2cc3c(C(=O)NC4CC4)cccc3s2)n1.Cl.Cl.Cl. The van der Waals surface area contributed by atoms with Crippen molar-refractivity contribution in [2.24, 2.45) is 0 Å². The number of piperazine rings is 1. The molecule has 0 bridgehead atoms. The minimum atomic E-state index is -0.0123. The molecule has 7 nitrogen and oxygen atoms in total. The second-order valence-electron chi connectivity index (χ2n) is 9.04. The summed E-state index contributed by atoms with van der Waals surface area (Å²) in [5.74, 6) is 0.557. The van der Waals surface area contributed by atoms with Crippen molar-refractivity contribution in [3.8, 4) is 10.6 Å². The van der Waals surface area contributed by atoms with Gasteiger partial charge in [0.1, 0.15) is 5.69 Å². The number of halogens is 4. The van der Waals surface area contributed by atoms with Crippen molar-refractivity contribution in [3.63, 3.8) is 0 Å². The summed E-state index contributed by atoms with van der Waals surface area (Å²) in [7, 11) is 2.17. The lowest BCUT2D eigenvalue weighted by Crippen LogP contribution is -2.51. The molecule has 1 saturated carbocycles. The largest absolute Gasteiger partial charge is 0.353 e. The van der Waals surface area contributed by atoms with Gasteiger partial charge in [-0.25, -0.2) is 9.97 Å². The molecule has 1 aliphatic carbocycles. The van der Waals surface area contributed by atoms with Crippen molar-refractivity contribution in [3.05, 3.63) is 41.0 Å². The number of rotatable bonds is 7. The lowest BCUT2D eigenvalue weighted by molar-refractivity contribution is 0.0952. The zero-order valence-corrected chi connectivity index (χ0v) is 24.2. The summed E-state index contributed by atoms with van der Waals surface area (Å²) in [6.45, 7) is 7.25. The lowest BCUT2D eigenvalue weighted by Gasteiger charge is -2.38. The van der Waals surface area contributed by atoms with Crippen LogP contribution in [0.4, 0.5) is 5.95 Å². The van der Waals surface area contributed by atoms with Crippen LogP contribution in [0.15, 0.2) is 30.5 Å². The number of hydrogen-bond donors (Lipinski definition) is 2. The van der Waals surface area contributed by atoms with Gasteiger partial charge in [0.2, 0.25) is 5.95 Å². The molecule has 5 rings (SSSR count). The van der Waals surface area contributed by atoms with Crippen molar-refractivity contribution < 1.29 is 4.79 Å². The molecule has 3 aromatic rings. The van der Waals surface area contributed by atoms with E-state index < -0.39 is 0 Å². The Kier molecular flexibility index (Phi) is 11.5. The standard InChI is InChI=1S/C24H29ClN6OS.3ClH/c1-15-14-30(2)10-11-31(15)9-8-26-24-27-13-19(25)22(29-24)21-12-18-17(4-3-5-20(18)33-21)23(32)28-16-6-7-16;;;/h3-5,12-13,15-16H,6-11,14H2,1-2H3,(H,28,32)(H,26,27,29);3*1H/t15-;;;/m1.../s1. The second kappa shape index (κ2) is 13.4. The van der Waals surface area contributed by atoms with E-state index in [0.717, 1.165) is 60.5 Å². The number of likely N-dealkylation sites (N-methyl/N-ethyl adjacent to an activating group) is 1. The Balaban J connectivity index is 0.00000152. The first-order valence-electron chi connectivity index (χ1n) is 11.5. The fourth-order valence-corrected chi connectivity index (χ4v) is 5.65. The first-order valence-corrected chi connectivity index (χ1v) is 12.7. The molecule has 1 saturated heterocycles. The summed E-state index contributed by atoms with van der Waals surface area (Å²) in [5.41, 5.74) is 1.39. The van der Waals surface area contributed by atoms with Gasteiger partial charge in [0.25, 0.3) is 5.91 Å². The van der Waals surface area contributed by atoms with Crippen LogP contribution in [0.2, 0.25) is 5.02 Å². The van der Waals surface area contributed by atoms with Gasteiger partial charge in [-0.2, -0.15) is 0 Å². The van der Waals surface area contributed by atoms with Crippen LogP contribution in [0.5, 0.6) is 0 Å². The summed E-state index contributed by atoms with van der Waals surface area (Å²) in [5, 5.41) is 7.88. The number of nitrogens with zero attached hydrogens (tertiary/aromatic N) is 4. The highest BCUT2D eigenvalue weighted by atomic mass is 35.5. The Labute approximate surface area is 239 Å². The zero-order valence-electron chi connectivity index (χ0n) is 20.2. The molecule has 2 aliphatic rings. The van der Waals surface area contributed by atoms with Crippen LogP contribution >= 0.6 is 60.2 Å². The Morgan fingerprint density at radius 2 is 2.00 bits per heavy atom. The maximum atomic E-state index is 12.7. The number of hydrogen-bond acceptors (Lipinski definition) is 7. The molecular weight excluding hydrogens is 562 g/mol. The van der Waals surface area contributed by atoms with Gasteiger partial charge in [0.15, 0.2) is 0 Å². The van der Waals surface area contributed by atoms with Crippen LogP contribution < -0.4 is 10.6 Å². The minimum absolute atomic E-state index is 0. The van der Waals surface area contributed by atoms with Crippen LogP contribution in [0.1, 0.15) is 30.1 Å². The number of carbonyl (C=O) groups is 1. The first-order chi connectivity index (χ1) is 16.0. The number of aromatic nitrogens is 2. The molecular formula is C24H32Cl4N6OS. The average molecular weight is 594 g/mol. The van der Waals surface area contributed by atoms with E-state index in [1.165, 1.54) is 0 Å². The third kappa shape index (κ3) is 7.13. The number of benzene rings is 1. The predicted octanol–water partition coefficient (Wildman–Crippen LogP) is 5.22. The van der Waals surface area contributed by atoms with Crippen molar-refractivity contribution in [1.29, 1.82) is 0 Å². The van der Waals surface area contributed by atoms with Crippen LogP contribution in [-0.4, -0.2) is 77.5 Å². The normalized spacial score (nSPS) is 18.0. The number of thiophene rings is 1. The maximum Gasteiger partial charge on any atom is 0.252 e. The van der Waals surface area contributed by atoms with Crippen molar-refractivity contribution >= 4 is 82.1 Å². The summed E-state index contributed by atoms with van der Waals surface area (Å²) >= 11 is 8.08. The molecule has 2 N–H and O–H groups in total. The lowest BCUT2D eigenvalue weighted by atomic mass is 10.1. The summed E-state index contributed by atoms with van der Waals surface area (Å²) < 4.78 is 1.04. The molecule has 36 heavy (non-hydrogen) atoms. The Morgan fingerprint density at radius 1 is 1.22 bits per heavy atom. The van der Waals surface area contributed by atoms with E-state index in [0.29, 0.717) is 34.3 Å². The quantitative estimate of drug-likeness (QED) is 0.391. The Hall–Kier alpha value is -1.39. The van der Waals surface area contributed by atoms with Gasteiger partial charge in [0.05, 0.1) is 16.1 Å². The van der Waals surface area contributed by atoms with E-state index in [9.17, 15) is 4.79 Å². The zero-order chi connectivity index (χ0) is 22.9. The van der Waals surface area contributed by atoms with Crippen molar-refractivity contribution in [1.82, 2.24) is 25.1 Å². The van der Waals surface area contributed by atoms with E-state index in [-0.39, 0.29) is 43.1 Å². The van der Waals surface area contributed by atoms with E-state index >= 15 is 0 Å². The fourth-order valence-electron chi connectivity index (χ4n) is 4.31. The number of fused-ring (bicyclic) bond motifs is 1. The van der Waals surface area contributed by atoms with Crippen LogP contribution in [0, 0.1) is 0 Å². The van der Waals surface area contributed by atoms with Crippen LogP contribution in [-0.2, 0) is 0 Å². The van der Waals surface area contributed by atoms with Crippen molar-refractivity contribution in [2.45, 2.75) is 31.8 Å². The third-order valence-electron chi connectivity index (χ3n) is 6.35. The molecule has 1 amide bonds. The molecule has 0 radical (unpaired) electrons. The van der Waals surface area contributed by atoms with Gasteiger partial charge in [0, 0.05) is 60.5 Å². The van der Waals surface area contributed by atoms with Gasteiger partial charge < -0.3 is 15.5 Å². The first kappa shape index (κ1) is 30.8. The van der Waals surface area contributed by atoms with Gasteiger partial charge in [-0.3, -0.25) is 9.69 Å². The van der Waals surface area contributed by atoms with E-state index in [2.05, 4.69) is 39.4 Å². The monoisotopic (exact) mass is 592 g/mol. The minimum Gasteiger partial charge on any atom is -0.353 e. The van der Waals surface area contributed by atoms with Gasteiger partial charge in [-0.05, 0) is 45.0 Å². The highest BCUT2D eigenvalue weighted by Crippen LogP contribution is 2.37. The molecule has 1 aromatic carbocycles. The smallest absolute Gasteiger partial charge is 0.252 e. The van der Waals surface area contributed by atoms with Crippen LogP contribution in [0.3, 0.4) is 0 Å². The van der Waals surface area contributed by atoms with Crippen molar-refractivity contribution in [2.75, 3.05) is 45.1 Å². The number of carbonyl (C=O) groups excluding carboxylic acids is 1. The molecule has 1 atom stereocenters. The van der Waals surface area contributed by atoms with Gasteiger partial charge >= 0.3 is 0 Å². The molecule has 2 aromatic heterocycles. The second-order valence-corrected chi connectivity index (χ2v) is 10.5. The molecule has 0 unspecified atom stereocenters. The van der Waals surface area contributed by atoms with Crippen LogP contribution in [0.25, 0.3) is 20.7 Å². The van der Waals surface area contributed by atoms with Gasteiger partial charge in [-0.15, -0.1) is 48.6 Å². The highest BCUT2D eigenvalue weighted by Gasteiger charge is 2.25. The Bertz CT molecular complexity index is 1170. The molecule has 1 aliphatic heterocycles. The topological polar surface area (TPSA) is 73.4 Å². The van der Waals surface area contributed by atoms with Gasteiger partial charge in [-0.1, -0.05) is 17.7 Å². The summed E-state index contributed by atoms with van der Waals surface area (Å²) in [4.78, 5) is 27.6. The Morgan fingerprint density at radius 3 is 2.72 bits per heavy atom. The number of anilines is 1. The molecule has 198 valence electrons. The molecule has 12 heteroatoms. The molecule has 2 fully saturated rings. The number of nitrogens with one attached hydrogen (secondary N) is 2. The third-order valence-corrected chi connectivity index (χ3v) is 7.73. The average Bonchev–Trinajstić information content (AvgIpc) is 3.50. The fraction of sp³-hybridized carbons (Fsp3) is 0.458. The van der Waals surface area contributed by atoms with E-state index in [1.807, 2.05) is 24.3 Å². The maximum absolute atomic E-state index is 12.7. The molecule has 3 heterocycles.